The number of rotatable bonds is 4. The lowest BCUT2D eigenvalue weighted by molar-refractivity contribution is 0.262. The highest BCUT2D eigenvalue weighted by atomic mass is 35.5. The summed E-state index contributed by atoms with van der Waals surface area (Å²) in [5.41, 5.74) is 0.674. The van der Waals surface area contributed by atoms with Crippen LogP contribution in [0.15, 0.2) is 63.8 Å². The summed E-state index contributed by atoms with van der Waals surface area (Å²) < 4.78 is 0. The molecule has 3 aromatic rings. The Bertz CT molecular complexity index is 856. The first kappa shape index (κ1) is 17.1. The number of thiazole rings is 1. The quantitative estimate of drug-likeness (QED) is 0.548. The number of hydrogen-bond acceptors (Lipinski definition) is 4. The molecule has 8 heteroatoms. The molecule has 0 saturated heterocycles. The highest BCUT2D eigenvalue weighted by Crippen LogP contribution is 2.39. The first-order chi connectivity index (χ1) is 11.6. The molecule has 2 N–H and O–H groups in total. The van der Waals surface area contributed by atoms with Crippen LogP contribution in [0.1, 0.15) is 0 Å². The molecular formula is C16H11Cl2N3OS2. The molecule has 24 heavy (non-hydrogen) atoms. The minimum atomic E-state index is -0.352. The van der Waals surface area contributed by atoms with Gasteiger partial charge < -0.3 is 5.32 Å². The van der Waals surface area contributed by atoms with Gasteiger partial charge in [0.15, 0.2) is 5.13 Å². The van der Waals surface area contributed by atoms with Crippen molar-refractivity contribution in [1.82, 2.24) is 4.98 Å². The molecule has 0 bridgehead atoms. The van der Waals surface area contributed by atoms with Gasteiger partial charge in [-0.3, -0.25) is 5.32 Å². The average molecular weight is 396 g/mol. The van der Waals surface area contributed by atoms with Crippen molar-refractivity contribution >= 4 is 63.2 Å². The molecule has 4 nitrogen and oxygen atoms in total. The van der Waals surface area contributed by atoms with Gasteiger partial charge >= 0.3 is 6.03 Å². The lowest BCUT2D eigenvalue weighted by Gasteiger charge is -2.12. The van der Waals surface area contributed by atoms with E-state index in [-0.39, 0.29) is 6.03 Å². The van der Waals surface area contributed by atoms with Crippen molar-refractivity contribution in [3.8, 4) is 0 Å². The van der Waals surface area contributed by atoms with E-state index in [1.165, 1.54) is 23.1 Å². The van der Waals surface area contributed by atoms with E-state index >= 15 is 0 Å². The topological polar surface area (TPSA) is 54.0 Å². The van der Waals surface area contributed by atoms with Crippen molar-refractivity contribution in [3.63, 3.8) is 0 Å². The van der Waals surface area contributed by atoms with Crippen LogP contribution in [0.25, 0.3) is 0 Å². The molecule has 122 valence electrons. The van der Waals surface area contributed by atoms with Crippen molar-refractivity contribution < 1.29 is 4.79 Å². The maximum Gasteiger partial charge on any atom is 0.325 e. The highest BCUT2D eigenvalue weighted by molar-refractivity contribution is 7.99. The van der Waals surface area contributed by atoms with E-state index in [1.54, 1.807) is 17.6 Å². The van der Waals surface area contributed by atoms with Crippen molar-refractivity contribution in [3.05, 3.63) is 64.1 Å². The van der Waals surface area contributed by atoms with Crippen molar-refractivity contribution in [2.24, 2.45) is 0 Å². The minimum Gasteiger partial charge on any atom is -0.307 e. The fraction of sp³-hybridized carbons (Fsp3) is 0. The van der Waals surface area contributed by atoms with Crippen LogP contribution >= 0.6 is 46.3 Å². The molecular weight excluding hydrogens is 385 g/mol. The number of nitrogens with zero attached hydrogens (tertiary/aromatic N) is 1. The van der Waals surface area contributed by atoms with E-state index < -0.39 is 0 Å². The molecule has 1 aromatic heterocycles. The fourth-order valence-corrected chi connectivity index (χ4v) is 3.83. The van der Waals surface area contributed by atoms with Crippen LogP contribution in [0.4, 0.5) is 15.6 Å². The molecule has 1 heterocycles. The first-order valence-electron chi connectivity index (χ1n) is 6.82. The molecule has 0 aliphatic carbocycles. The summed E-state index contributed by atoms with van der Waals surface area (Å²) in [5, 5.41) is 8.82. The van der Waals surface area contributed by atoms with Crippen LogP contribution in [-0.2, 0) is 0 Å². The molecule has 0 atom stereocenters. The van der Waals surface area contributed by atoms with Crippen LogP contribution in [0, 0.1) is 0 Å². The minimum absolute atomic E-state index is 0.352. The molecule has 0 aliphatic heterocycles. The number of amides is 2. The van der Waals surface area contributed by atoms with E-state index in [2.05, 4.69) is 15.6 Å². The number of nitrogens with one attached hydrogen (secondary N) is 2. The van der Waals surface area contributed by atoms with E-state index in [0.29, 0.717) is 20.9 Å². The number of carbonyl (C=O) groups is 1. The molecule has 2 amide bonds. The summed E-state index contributed by atoms with van der Waals surface area (Å²) in [6.07, 6.45) is 1.63. The standard InChI is InChI=1S/C16H11Cl2N3OS2/c17-10-4-3-7-13(14(10)18)24-12-6-2-1-5-11(12)20-15(22)21-16-19-8-9-23-16/h1-9H,(H2,19,20,21,22). The third-order valence-electron chi connectivity index (χ3n) is 2.92. The lowest BCUT2D eigenvalue weighted by Crippen LogP contribution is -2.19. The van der Waals surface area contributed by atoms with Gasteiger partial charge in [-0.15, -0.1) is 11.3 Å². The van der Waals surface area contributed by atoms with Crippen LogP contribution < -0.4 is 10.6 Å². The zero-order valence-electron chi connectivity index (χ0n) is 12.1. The Morgan fingerprint density at radius 1 is 1.04 bits per heavy atom. The Kier molecular flexibility index (Phi) is 5.63. The number of carbonyl (C=O) groups excluding carboxylic acids is 1. The zero-order chi connectivity index (χ0) is 16.9. The number of aromatic nitrogens is 1. The van der Waals surface area contributed by atoms with Crippen molar-refractivity contribution in [2.45, 2.75) is 9.79 Å². The third kappa shape index (κ3) is 4.21. The predicted molar refractivity (Wildman–Crippen MR) is 102 cm³/mol. The average Bonchev–Trinajstić information content (AvgIpc) is 3.06. The highest BCUT2D eigenvalue weighted by Gasteiger charge is 2.11. The summed E-state index contributed by atoms with van der Waals surface area (Å²) in [4.78, 5) is 17.8. The first-order valence-corrected chi connectivity index (χ1v) is 9.27. The summed E-state index contributed by atoms with van der Waals surface area (Å²) >= 11 is 15.1. The molecule has 0 fully saturated rings. The molecule has 2 aromatic carbocycles. The number of hydrogen-bond donors (Lipinski definition) is 2. The molecule has 0 aliphatic rings. The van der Waals surface area contributed by atoms with Crippen LogP contribution in [0.2, 0.25) is 10.0 Å². The summed E-state index contributed by atoms with van der Waals surface area (Å²) in [7, 11) is 0. The zero-order valence-corrected chi connectivity index (χ0v) is 15.3. The Morgan fingerprint density at radius 3 is 2.62 bits per heavy atom. The number of urea groups is 1. The maximum atomic E-state index is 12.1. The van der Waals surface area contributed by atoms with Gasteiger partial charge in [-0.2, -0.15) is 0 Å². The van der Waals surface area contributed by atoms with Gasteiger partial charge in [0, 0.05) is 21.4 Å². The number of para-hydroxylation sites is 1. The van der Waals surface area contributed by atoms with Gasteiger partial charge in [-0.1, -0.05) is 53.2 Å². The van der Waals surface area contributed by atoms with E-state index in [1.807, 2.05) is 36.4 Å². The number of anilines is 2. The van der Waals surface area contributed by atoms with Crippen LogP contribution in [-0.4, -0.2) is 11.0 Å². The maximum absolute atomic E-state index is 12.1. The predicted octanol–water partition coefficient (Wildman–Crippen LogP) is 6.25. The Hall–Kier alpha value is -1.73. The Balaban J connectivity index is 1.78. The number of halogens is 2. The summed E-state index contributed by atoms with van der Waals surface area (Å²) in [5.74, 6) is 0. The summed E-state index contributed by atoms with van der Waals surface area (Å²) in [6, 6.07) is 12.6. The SMILES string of the molecule is O=C(Nc1nccs1)Nc1ccccc1Sc1cccc(Cl)c1Cl. The van der Waals surface area contributed by atoms with Crippen LogP contribution in [0.3, 0.4) is 0 Å². The van der Waals surface area contributed by atoms with Crippen LogP contribution in [0.5, 0.6) is 0 Å². The van der Waals surface area contributed by atoms with E-state index in [0.717, 1.165) is 9.79 Å². The largest absolute Gasteiger partial charge is 0.325 e. The monoisotopic (exact) mass is 395 g/mol. The number of benzene rings is 2. The smallest absolute Gasteiger partial charge is 0.307 e. The van der Waals surface area contributed by atoms with Gasteiger partial charge in [0.05, 0.1) is 15.7 Å². The molecule has 0 radical (unpaired) electrons. The van der Waals surface area contributed by atoms with E-state index in [9.17, 15) is 4.79 Å². The Labute approximate surface area is 157 Å². The molecule has 3 rings (SSSR count). The van der Waals surface area contributed by atoms with E-state index in [4.69, 9.17) is 23.2 Å². The molecule has 0 saturated carbocycles. The second kappa shape index (κ2) is 7.90. The van der Waals surface area contributed by atoms with Crippen molar-refractivity contribution in [1.29, 1.82) is 0 Å². The lowest BCUT2D eigenvalue weighted by atomic mass is 10.3. The summed E-state index contributed by atoms with van der Waals surface area (Å²) in [6.45, 7) is 0. The second-order valence-electron chi connectivity index (χ2n) is 4.57. The molecule has 0 spiro atoms. The van der Waals surface area contributed by atoms with Gasteiger partial charge in [0.1, 0.15) is 0 Å². The van der Waals surface area contributed by atoms with Gasteiger partial charge in [0.25, 0.3) is 0 Å². The fourth-order valence-electron chi connectivity index (χ4n) is 1.88. The second-order valence-corrected chi connectivity index (χ2v) is 7.33. The normalized spacial score (nSPS) is 10.4. The van der Waals surface area contributed by atoms with Gasteiger partial charge in [-0.05, 0) is 24.3 Å². The van der Waals surface area contributed by atoms with Crippen molar-refractivity contribution in [2.75, 3.05) is 10.6 Å². The Morgan fingerprint density at radius 2 is 1.83 bits per heavy atom. The van der Waals surface area contributed by atoms with Gasteiger partial charge in [-0.25, -0.2) is 9.78 Å². The third-order valence-corrected chi connectivity index (χ3v) is 5.68. The van der Waals surface area contributed by atoms with Gasteiger partial charge in [0.2, 0.25) is 0 Å². The molecule has 0 unspecified atom stereocenters.